The minimum Gasteiger partial charge on any atom is -0.508 e. The Labute approximate surface area is 334 Å². The van der Waals surface area contributed by atoms with Crippen molar-refractivity contribution in [2.24, 2.45) is 17.6 Å². The fourth-order valence-electron chi connectivity index (χ4n) is 8.69. The highest BCUT2D eigenvalue weighted by Gasteiger charge is 2.57. The molecule has 2 saturated carbocycles. The minimum absolute atomic E-state index is 0.00201. The first-order chi connectivity index (χ1) is 27.2. The second-order valence-electron chi connectivity index (χ2n) is 16.4. The predicted molar refractivity (Wildman–Crippen MR) is 214 cm³/mol. The fourth-order valence-corrected chi connectivity index (χ4v) is 9.58. The Hall–Kier alpha value is -4.44. The number of phenolic OH excluding ortho intramolecular Hbond substituents is 1. The summed E-state index contributed by atoms with van der Waals surface area (Å²) < 4.78 is 40.5. The Morgan fingerprint density at radius 1 is 1.16 bits per heavy atom. The van der Waals surface area contributed by atoms with Gasteiger partial charge in [-0.05, 0) is 89.3 Å². The third-order valence-electron chi connectivity index (χ3n) is 12.4. The first-order valence-corrected chi connectivity index (χ1v) is 22.0. The average Bonchev–Trinajstić information content (AvgIpc) is 3.84. The number of aryl methyl sites for hydroxylation is 2. The Bertz CT molecular complexity index is 1990. The number of carbonyl (C=O) groups is 4. The van der Waals surface area contributed by atoms with Crippen molar-refractivity contribution < 1.29 is 42.2 Å². The lowest BCUT2D eigenvalue weighted by atomic mass is 9.65. The zero-order valence-electron chi connectivity index (χ0n) is 33.3. The molecule has 4 aliphatic rings. The maximum Gasteiger partial charge on any atom is 0.407 e. The number of nitrogens with two attached hydrogens (primary N) is 1. The van der Waals surface area contributed by atoms with Gasteiger partial charge < -0.3 is 35.8 Å². The van der Waals surface area contributed by atoms with Gasteiger partial charge in [-0.1, -0.05) is 44.8 Å². The van der Waals surface area contributed by atoms with Gasteiger partial charge in [0.15, 0.2) is 0 Å². The summed E-state index contributed by atoms with van der Waals surface area (Å²) in [7, 11) is -4.16. The number of rotatable bonds is 15. The summed E-state index contributed by atoms with van der Waals surface area (Å²) in [5.41, 5.74) is 5.20. The van der Waals surface area contributed by atoms with Gasteiger partial charge in [-0.25, -0.2) is 18.2 Å². The lowest BCUT2D eigenvalue weighted by Gasteiger charge is -2.47. The van der Waals surface area contributed by atoms with Gasteiger partial charge in [0.2, 0.25) is 21.8 Å². The number of aromatic hydroxyl groups is 1. The first-order valence-electron chi connectivity index (χ1n) is 20.5. The van der Waals surface area contributed by atoms with Crippen LogP contribution in [0.25, 0.3) is 10.9 Å². The van der Waals surface area contributed by atoms with E-state index in [0.29, 0.717) is 42.1 Å². The molecule has 3 heterocycles. The van der Waals surface area contributed by atoms with Gasteiger partial charge in [-0.2, -0.15) is 0 Å². The summed E-state index contributed by atoms with van der Waals surface area (Å²) in [4.78, 5) is 61.5. The zero-order valence-corrected chi connectivity index (χ0v) is 34.1. The number of unbranched alkanes of at least 4 members (excludes halogenated alkanes) is 3. The second kappa shape index (κ2) is 17.6. The zero-order chi connectivity index (χ0) is 41.0. The number of likely N-dealkylation sites (tertiary alicyclic amines) is 1. The van der Waals surface area contributed by atoms with Gasteiger partial charge in [-0.3, -0.25) is 19.1 Å². The number of nitrogens with zero attached hydrogens (tertiary/aromatic N) is 2. The fraction of sp³-hybridized carbons (Fsp3) is 0.634. The summed E-state index contributed by atoms with van der Waals surface area (Å²) in [6.45, 7) is 4.95. The van der Waals surface area contributed by atoms with Crippen LogP contribution in [-0.2, 0) is 35.6 Å². The van der Waals surface area contributed by atoms with Gasteiger partial charge in [0.1, 0.15) is 35.2 Å². The normalized spacial score (nSPS) is 25.2. The number of aromatic nitrogens is 1. The van der Waals surface area contributed by atoms with Crippen LogP contribution in [-0.4, -0.2) is 95.9 Å². The summed E-state index contributed by atoms with van der Waals surface area (Å²) in [5, 5.41) is 15.5. The Kier molecular flexibility index (Phi) is 13.0. The van der Waals surface area contributed by atoms with Crippen molar-refractivity contribution in [2.45, 2.75) is 127 Å². The number of hydrogen-bond acceptors (Lipinski definition) is 11. The number of hydrogen-bond donors (Lipinski definition) is 5. The molecule has 6 N–H and O–H groups in total. The van der Waals surface area contributed by atoms with Crippen LogP contribution in [0.2, 0.25) is 0 Å². The molecule has 1 aromatic heterocycles. The van der Waals surface area contributed by atoms with Gasteiger partial charge in [0, 0.05) is 29.8 Å². The van der Waals surface area contributed by atoms with Crippen LogP contribution in [0.3, 0.4) is 0 Å². The molecule has 312 valence electrons. The molecule has 4 amide bonds. The number of benzene rings is 1. The number of alkyl carbamates (subject to hydrolysis) is 1. The molecule has 0 bridgehead atoms. The number of pyridine rings is 1. The largest absolute Gasteiger partial charge is 0.508 e. The van der Waals surface area contributed by atoms with Gasteiger partial charge in [0.25, 0.3) is 5.91 Å². The molecule has 6 rings (SSSR count). The van der Waals surface area contributed by atoms with Crippen molar-refractivity contribution in [3.63, 3.8) is 0 Å². The maximum absolute atomic E-state index is 14.6. The smallest absolute Gasteiger partial charge is 0.407 e. The monoisotopic (exact) mass is 810 g/mol. The van der Waals surface area contributed by atoms with Crippen molar-refractivity contribution in [1.82, 2.24) is 25.2 Å². The highest BCUT2D eigenvalue weighted by atomic mass is 32.2. The number of allylic oxidation sites excluding steroid dienone is 1. The van der Waals surface area contributed by atoms with Crippen molar-refractivity contribution in [1.29, 1.82) is 0 Å². The van der Waals surface area contributed by atoms with E-state index in [1.165, 1.54) is 11.8 Å². The van der Waals surface area contributed by atoms with E-state index in [1.807, 2.05) is 19.1 Å². The van der Waals surface area contributed by atoms with Crippen molar-refractivity contribution >= 4 is 44.7 Å². The number of nitrogens with one attached hydrogen (secondary N) is 3. The van der Waals surface area contributed by atoms with E-state index >= 15 is 0 Å². The Morgan fingerprint density at radius 2 is 1.93 bits per heavy atom. The number of amides is 4. The van der Waals surface area contributed by atoms with Crippen LogP contribution in [0.5, 0.6) is 11.5 Å². The molecular weight excluding hydrogens is 753 g/mol. The quantitative estimate of drug-likeness (QED) is 0.128. The summed E-state index contributed by atoms with van der Waals surface area (Å²) in [5.74, 6) is -1.64. The number of sulfonamides is 1. The van der Waals surface area contributed by atoms with Crippen LogP contribution in [0.1, 0.15) is 102 Å². The van der Waals surface area contributed by atoms with E-state index in [-0.39, 0.29) is 38.3 Å². The van der Waals surface area contributed by atoms with Crippen LogP contribution >= 0.6 is 0 Å². The van der Waals surface area contributed by atoms with Crippen LogP contribution < -0.4 is 25.8 Å². The molecule has 2 aromatic rings. The lowest BCUT2D eigenvalue weighted by molar-refractivity contribution is -0.143. The molecule has 57 heavy (non-hydrogen) atoms. The van der Waals surface area contributed by atoms with Crippen molar-refractivity contribution in [3.05, 3.63) is 41.6 Å². The van der Waals surface area contributed by atoms with Gasteiger partial charge in [-0.15, -0.1) is 0 Å². The highest BCUT2D eigenvalue weighted by Crippen LogP contribution is 2.46. The number of ether oxygens (including phenoxy) is 2. The SMILES string of the molecule is CCCCCC=CC1CCC1(NC(=O)C1CC2(CCc3c(c(C)nc4ccc(O)cc34)O2)CN1C(=O)CNC(=O)OCC1CCCC1)C(=O)NS(=O)(=O)C(C)CN. The summed E-state index contributed by atoms with van der Waals surface area (Å²) in [6.07, 6.45) is 12.8. The molecule has 1 aromatic carbocycles. The number of phenols is 1. The predicted octanol–water partition coefficient (Wildman–Crippen LogP) is 4.02. The molecule has 3 fully saturated rings. The van der Waals surface area contributed by atoms with Crippen molar-refractivity contribution in [3.8, 4) is 11.5 Å². The molecule has 0 radical (unpaired) electrons. The molecule has 5 unspecified atom stereocenters. The van der Waals surface area contributed by atoms with E-state index in [2.05, 4.69) is 22.3 Å². The van der Waals surface area contributed by atoms with Crippen LogP contribution in [0.4, 0.5) is 4.79 Å². The van der Waals surface area contributed by atoms with Gasteiger partial charge >= 0.3 is 6.09 Å². The van der Waals surface area contributed by atoms with Crippen LogP contribution in [0.15, 0.2) is 30.4 Å². The maximum atomic E-state index is 14.6. The Morgan fingerprint density at radius 3 is 2.63 bits per heavy atom. The van der Waals surface area contributed by atoms with Crippen molar-refractivity contribution in [2.75, 3.05) is 26.2 Å². The highest BCUT2D eigenvalue weighted by molar-refractivity contribution is 7.90. The lowest BCUT2D eigenvalue weighted by Crippen LogP contribution is -2.70. The molecule has 2 aliphatic carbocycles. The van der Waals surface area contributed by atoms with E-state index in [9.17, 15) is 32.7 Å². The molecule has 16 heteroatoms. The third kappa shape index (κ3) is 9.16. The molecular formula is C41H58N6O9S. The standard InChI is InChI=1S/C41H58N6O9S/c1-4-5-6-7-8-13-29-16-19-41(29,38(51)46-57(53,54)26(2)22-42)45-37(50)34-21-40(25-47(34)35(49)23-43-39(52)55-24-28-11-9-10-12-28)18-17-31-32-20-30(48)14-15-33(32)44-27(3)36(31)56-40/h8,13-15,20,26,28-29,34,48H,4-7,9-12,16-19,21-25,42H2,1-3H3,(H,43,52)(H,45,50)(H,46,51). The van der Waals surface area contributed by atoms with E-state index in [1.54, 1.807) is 18.2 Å². The van der Waals surface area contributed by atoms with Crippen LogP contribution in [0, 0.1) is 18.8 Å². The first kappa shape index (κ1) is 42.2. The third-order valence-corrected chi connectivity index (χ3v) is 14.1. The van der Waals surface area contributed by atoms with E-state index in [0.717, 1.165) is 62.3 Å². The average molecular weight is 811 g/mol. The molecule has 15 nitrogen and oxygen atoms in total. The molecule has 5 atom stereocenters. The summed E-state index contributed by atoms with van der Waals surface area (Å²) in [6, 6.07) is 3.83. The van der Waals surface area contributed by atoms with E-state index < -0.39 is 68.7 Å². The summed E-state index contributed by atoms with van der Waals surface area (Å²) >= 11 is 0. The second-order valence-corrected chi connectivity index (χ2v) is 18.5. The van der Waals surface area contributed by atoms with Gasteiger partial charge in [0.05, 0.1) is 29.6 Å². The Balaban J connectivity index is 1.27. The number of fused-ring (bicyclic) bond motifs is 3. The number of carbonyl (C=O) groups excluding carboxylic acids is 4. The molecule has 1 saturated heterocycles. The minimum atomic E-state index is -4.16. The molecule has 2 aliphatic heterocycles. The molecule has 1 spiro atoms. The topological polar surface area (TPSA) is 219 Å². The van der Waals surface area contributed by atoms with E-state index in [4.69, 9.17) is 20.2 Å².